The number of benzene rings is 1. The fraction of sp³-hybridized carbons (Fsp3) is 0.421. The van der Waals surface area contributed by atoms with Crippen molar-refractivity contribution in [3.05, 3.63) is 40.5 Å². The number of piperidine rings is 1. The Hall–Kier alpha value is -2.34. The lowest BCUT2D eigenvalue weighted by Crippen LogP contribution is -2.39. The van der Waals surface area contributed by atoms with Gasteiger partial charge in [-0.15, -0.1) is 10.2 Å². The van der Waals surface area contributed by atoms with Crippen LogP contribution < -0.4 is 10.1 Å². The highest BCUT2D eigenvalue weighted by Gasteiger charge is 2.23. The molecule has 7 heteroatoms. The van der Waals surface area contributed by atoms with Gasteiger partial charge in [-0.25, -0.2) is 0 Å². The van der Waals surface area contributed by atoms with E-state index in [0.717, 1.165) is 30.8 Å². The summed E-state index contributed by atoms with van der Waals surface area (Å²) in [7, 11) is 1.58. The molecule has 0 saturated carbocycles. The summed E-state index contributed by atoms with van der Waals surface area (Å²) in [6.45, 7) is 5.65. The van der Waals surface area contributed by atoms with Crippen molar-refractivity contribution in [1.29, 1.82) is 0 Å². The number of nitrogens with one attached hydrogen (secondary N) is 1. The van der Waals surface area contributed by atoms with E-state index in [1.165, 1.54) is 6.42 Å². The second kappa shape index (κ2) is 7.91. The fourth-order valence-electron chi connectivity index (χ4n) is 3.12. The Labute approximate surface area is 158 Å². The topological polar surface area (TPSA) is 67.3 Å². The summed E-state index contributed by atoms with van der Waals surface area (Å²) in [6, 6.07) is 7.09. The van der Waals surface area contributed by atoms with E-state index < -0.39 is 0 Å². The van der Waals surface area contributed by atoms with E-state index in [4.69, 9.17) is 16.3 Å². The average Bonchev–Trinajstić information content (AvgIpc) is 2.64. The molecule has 0 aliphatic carbocycles. The van der Waals surface area contributed by atoms with Crippen LogP contribution in [0.3, 0.4) is 0 Å². The van der Waals surface area contributed by atoms with Crippen LogP contribution in [0.2, 0.25) is 5.02 Å². The van der Waals surface area contributed by atoms with Gasteiger partial charge in [0.2, 0.25) is 0 Å². The first-order valence-corrected chi connectivity index (χ1v) is 9.10. The van der Waals surface area contributed by atoms with Gasteiger partial charge >= 0.3 is 0 Å². The number of anilines is 2. The number of nitrogens with zero attached hydrogens (tertiary/aromatic N) is 3. The molecule has 6 nitrogen and oxygen atoms in total. The molecule has 26 heavy (non-hydrogen) atoms. The van der Waals surface area contributed by atoms with E-state index in [9.17, 15) is 4.79 Å². The normalized spacial score (nSPS) is 17.1. The number of rotatable bonds is 4. The van der Waals surface area contributed by atoms with Crippen molar-refractivity contribution in [3.63, 3.8) is 0 Å². The summed E-state index contributed by atoms with van der Waals surface area (Å²) < 4.78 is 5.35. The van der Waals surface area contributed by atoms with Gasteiger partial charge in [0.1, 0.15) is 5.75 Å². The van der Waals surface area contributed by atoms with Crippen molar-refractivity contribution >= 4 is 29.0 Å². The Balaban J connectivity index is 1.74. The van der Waals surface area contributed by atoms with E-state index in [0.29, 0.717) is 28.2 Å². The highest BCUT2D eigenvalue weighted by molar-refractivity contribution is 6.31. The predicted molar refractivity (Wildman–Crippen MR) is 102 cm³/mol. The molecule has 1 amide bonds. The lowest BCUT2D eigenvalue weighted by molar-refractivity contribution is 0.0676. The van der Waals surface area contributed by atoms with Crippen LogP contribution in [0.1, 0.15) is 35.8 Å². The first-order chi connectivity index (χ1) is 12.5. The predicted octanol–water partition coefficient (Wildman–Crippen LogP) is 4.06. The average molecular weight is 375 g/mol. The van der Waals surface area contributed by atoms with E-state index in [1.54, 1.807) is 25.3 Å². The SMILES string of the molecule is COc1cc(Cl)c(C)cc1Nc1ccc(C(=O)N2CCCC(C)C2)nn1. The van der Waals surface area contributed by atoms with Gasteiger partial charge in [0.25, 0.3) is 5.91 Å². The van der Waals surface area contributed by atoms with Crippen LogP contribution >= 0.6 is 11.6 Å². The molecule has 1 aliphatic rings. The van der Waals surface area contributed by atoms with Crippen LogP contribution in [0.15, 0.2) is 24.3 Å². The molecule has 1 aromatic carbocycles. The van der Waals surface area contributed by atoms with Crippen LogP contribution in [-0.4, -0.2) is 41.2 Å². The minimum atomic E-state index is -0.0597. The number of amides is 1. The molecule has 1 unspecified atom stereocenters. The van der Waals surface area contributed by atoms with Gasteiger partial charge in [0.05, 0.1) is 12.8 Å². The first kappa shape index (κ1) is 18.5. The number of carbonyl (C=O) groups is 1. The van der Waals surface area contributed by atoms with Gasteiger partial charge in [-0.05, 0) is 49.4 Å². The molecule has 1 aromatic heterocycles. The third-order valence-corrected chi connectivity index (χ3v) is 4.98. The summed E-state index contributed by atoms with van der Waals surface area (Å²) in [4.78, 5) is 14.4. The number of methoxy groups -OCH3 is 1. The number of aryl methyl sites for hydroxylation is 1. The quantitative estimate of drug-likeness (QED) is 0.873. The number of halogens is 1. The van der Waals surface area contributed by atoms with Gasteiger partial charge in [-0.3, -0.25) is 4.79 Å². The number of hydrogen-bond donors (Lipinski definition) is 1. The van der Waals surface area contributed by atoms with Gasteiger partial charge < -0.3 is 15.0 Å². The minimum absolute atomic E-state index is 0.0597. The molecule has 1 atom stereocenters. The van der Waals surface area contributed by atoms with Crippen LogP contribution in [0.4, 0.5) is 11.5 Å². The number of carbonyl (C=O) groups excluding carboxylic acids is 1. The molecule has 1 fully saturated rings. The van der Waals surface area contributed by atoms with Crippen molar-refractivity contribution in [1.82, 2.24) is 15.1 Å². The van der Waals surface area contributed by atoms with Gasteiger partial charge in [-0.2, -0.15) is 0 Å². The van der Waals surface area contributed by atoms with Crippen molar-refractivity contribution < 1.29 is 9.53 Å². The maximum Gasteiger partial charge on any atom is 0.274 e. The Bertz CT molecular complexity index is 795. The summed E-state index contributed by atoms with van der Waals surface area (Å²) >= 11 is 6.13. The third-order valence-electron chi connectivity index (χ3n) is 4.57. The summed E-state index contributed by atoms with van der Waals surface area (Å²) in [6.07, 6.45) is 2.20. The standard InChI is InChI=1S/C19H23ClN4O2/c1-12-5-4-8-24(11-12)19(25)15-6-7-18(23-22-15)21-16-9-13(2)14(20)10-17(16)26-3/h6-7,9-10,12H,4-5,8,11H2,1-3H3,(H,21,23). The first-order valence-electron chi connectivity index (χ1n) is 8.72. The third kappa shape index (κ3) is 4.07. The molecule has 0 bridgehead atoms. The van der Waals surface area contributed by atoms with Crippen molar-refractivity contribution in [3.8, 4) is 5.75 Å². The Morgan fingerprint density at radius 1 is 1.35 bits per heavy atom. The number of ether oxygens (including phenoxy) is 1. The zero-order valence-corrected chi connectivity index (χ0v) is 16.0. The molecule has 3 rings (SSSR count). The fourth-order valence-corrected chi connectivity index (χ4v) is 3.27. The largest absolute Gasteiger partial charge is 0.495 e. The highest BCUT2D eigenvalue weighted by Crippen LogP contribution is 2.32. The molecule has 138 valence electrons. The zero-order chi connectivity index (χ0) is 18.7. The highest BCUT2D eigenvalue weighted by atomic mass is 35.5. The summed E-state index contributed by atoms with van der Waals surface area (Å²) in [5, 5.41) is 12.0. The Morgan fingerprint density at radius 2 is 2.15 bits per heavy atom. The molecule has 0 spiro atoms. The van der Waals surface area contributed by atoms with Crippen molar-refractivity contribution in [2.45, 2.75) is 26.7 Å². The lowest BCUT2D eigenvalue weighted by Gasteiger charge is -2.30. The molecule has 1 aliphatic heterocycles. The number of aromatic nitrogens is 2. The van der Waals surface area contributed by atoms with Crippen molar-refractivity contribution in [2.24, 2.45) is 5.92 Å². The van der Waals surface area contributed by atoms with Crippen LogP contribution in [0, 0.1) is 12.8 Å². The molecule has 2 aromatic rings. The van der Waals surface area contributed by atoms with Crippen molar-refractivity contribution in [2.75, 3.05) is 25.5 Å². The molecule has 0 radical (unpaired) electrons. The molecule has 1 saturated heterocycles. The van der Waals surface area contributed by atoms with Gasteiger partial charge in [0, 0.05) is 24.2 Å². The lowest BCUT2D eigenvalue weighted by atomic mass is 10.00. The minimum Gasteiger partial charge on any atom is -0.495 e. The van der Waals surface area contributed by atoms with E-state index in [1.807, 2.05) is 17.9 Å². The van der Waals surface area contributed by atoms with E-state index in [2.05, 4.69) is 22.4 Å². The van der Waals surface area contributed by atoms with Gasteiger partial charge in [0.15, 0.2) is 11.5 Å². The van der Waals surface area contributed by atoms with Crippen LogP contribution in [0.5, 0.6) is 5.75 Å². The molecular weight excluding hydrogens is 352 g/mol. The smallest absolute Gasteiger partial charge is 0.274 e. The number of hydrogen-bond acceptors (Lipinski definition) is 5. The summed E-state index contributed by atoms with van der Waals surface area (Å²) in [5.41, 5.74) is 2.03. The Kier molecular flexibility index (Phi) is 5.61. The molecule has 1 N–H and O–H groups in total. The van der Waals surface area contributed by atoms with E-state index >= 15 is 0 Å². The maximum atomic E-state index is 12.6. The second-order valence-electron chi connectivity index (χ2n) is 6.73. The maximum absolute atomic E-state index is 12.6. The molecule has 2 heterocycles. The number of likely N-dealkylation sites (tertiary alicyclic amines) is 1. The monoisotopic (exact) mass is 374 g/mol. The van der Waals surface area contributed by atoms with E-state index in [-0.39, 0.29) is 5.91 Å². The summed E-state index contributed by atoms with van der Waals surface area (Å²) in [5.74, 6) is 1.62. The van der Waals surface area contributed by atoms with Gasteiger partial charge in [-0.1, -0.05) is 18.5 Å². The Morgan fingerprint density at radius 3 is 2.81 bits per heavy atom. The molecular formula is C19H23ClN4O2. The zero-order valence-electron chi connectivity index (χ0n) is 15.3. The van der Waals surface area contributed by atoms with Crippen LogP contribution in [0.25, 0.3) is 0 Å². The second-order valence-corrected chi connectivity index (χ2v) is 7.14. The van der Waals surface area contributed by atoms with Crippen LogP contribution in [-0.2, 0) is 0 Å².